The Morgan fingerprint density at radius 2 is 1.86 bits per heavy atom. The van der Waals surface area contributed by atoms with E-state index in [0.29, 0.717) is 5.03 Å². The lowest BCUT2D eigenvalue weighted by Gasteiger charge is -2.03. The molecule has 0 atom stereocenters. The van der Waals surface area contributed by atoms with Crippen molar-refractivity contribution in [3.63, 3.8) is 0 Å². The highest BCUT2D eigenvalue weighted by Crippen LogP contribution is 2.23. The van der Waals surface area contributed by atoms with Gasteiger partial charge in [0.1, 0.15) is 5.03 Å². The van der Waals surface area contributed by atoms with Crippen molar-refractivity contribution in [3.8, 4) is 11.1 Å². The van der Waals surface area contributed by atoms with Crippen LogP contribution >= 0.6 is 12.6 Å². The highest BCUT2D eigenvalue weighted by Gasteiger charge is 2.03. The fourth-order valence-electron chi connectivity index (χ4n) is 1.21. The molecule has 2 N–H and O–H groups in total. The van der Waals surface area contributed by atoms with Crippen LogP contribution in [-0.4, -0.2) is 9.97 Å². The van der Waals surface area contributed by atoms with Crippen LogP contribution in [0.15, 0.2) is 41.6 Å². The van der Waals surface area contributed by atoms with Crippen molar-refractivity contribution in [3.05, 3.63) is 36.5 Å². The van der Waals surface area contributed by atoms with E-state index in [1.54, 1.807) is 6.20 Å². The van der Waals surface area contributed by atoms with E-state index in [-0.39, 0.29) is 5.95 Å². The molecule has 0 aliphatic rings. The van der Waals surface area contributed by atoms with E-state index in [1.165, 1.54) is 0 Å². The molecule has 4 heteroatoms. The molecule has 2 rings (SSSR count). The summed E-state index contributed by atoms with van der Waals surface area (Å²) in [4.78, 5) is 7.91. The lowest BCUT2D eigenvalue weighted by Crippen LogP contribution is -1.95. The average molecular weight is 203 g/mol. The van der Waals surface area contributed by atoms with Gasteiger partial charge < -0.3 is 5.73 Å². The number of nitrogens with zero attached hydrogens (tertiary/aromatic N) is 2. The van der Waals surface area contributed by atoms with Crippen molar-refractivity contribution >= 4 is 18.6 Å². The van der Waals surface area contributed by atoms with E-state index in [0.717, 1.165) is 11.1 Å². The topological polar surface area (TPSA) is 51.8 Å². The maximum absolute atomic E-state index is 5.43. The summed E-state index contributed by atoms with van der Waals surface area (Å²) < 4.78 is 0. The summed E-state index contributed by atoms with van der Waals surface area (Å²) in [5, 5.41) is 0.601. The van der Waals surface area contributed by atoms with Crippen molar-refractivity contribution < 1.29 is 0 Å². The molecular formula is C10H9N3S. The maximum atomic E-state index is 5.43. The number of nitrogens with two attached hydrogens (primary N) is 1. The Hall–Kier alpha value is -1.55. The predicted molar refractivity (Wildman–Crippen MR) is 59.1 cm³/mol. The first-order valence-corrected chi connectivity index (χ1v) is 4.59. The Morgan fingerprint density at radius 1 is 1.14 bits per heavy atom. The van der Waals surface area contributed by atoms with Crippen LogP contribution in [0.25, 0.3) is 11.1 Å². The molecule has 1 aromatic heterocycles. The molecule has 0 aliphatic carbocycles. The molecule has 1 aromatic carbocycles. The van der Waals surface area contributed by atoms with E-state index >= 15 is 0 Å². The van der Waals surface area contributed by atoms with Crippen molar-refractivity contribution in [1.82, 2.24) is 9.97 Å². The number of hydrogen-bond donors (Lipinski definition) is 2. The molecular weight excluding hydrogens is 194 g/mol. The third-order valence-corrected chi connectivity index (χ3v) is 2.21. The normalized spacial score (nSPS) is 10.1. The lowest BCUT2D eigenvalue weighted by molar-refractivity contribution is 1.08. The summed E-state index contributed by atoms with van der Waals surface area (Å²) in [6.07, 6.45) is 1.68. The number of hydrogen-bond acceptors (Lipinski definition) is 4. The second kappa shape index (κ2) is 3.67. The standard InChI is InChI=1S/C10H9N3S/c11-10-12-6-8(9(14)13-10)7-4-2-1-3-5-7/h1-6H,(H3,11,12,13,14). The van der Waals surface area contributed by atoms with Gasteiger partial charge in [-0.1, -0.05) is 30.3 Å². The molecule has 14 heavy (non-hydrogen) atoms. The Kier molecular flexibility index (Phi) is 2.37. The Balaban J connectivity index is 2.53. The largest absolute Gasteiger partial charge is 0.368 e. The molecule has 0 amide bonds. The first-order chi connectivity index (χ1) is 6.77. The van der Waals surface area contributed by atoms with Gasteiger partial charge in [0, 0.05) is 11.8 Å². The Bertz CT molecular complexity index is 442. The van der Waals surface area contributed by atoms with Gasteiger partial charge in [-0.2, -0.15) is 0 Å². The average Bonchev–Trinajstić information content (AvgIpc) is 2.19. The zero-order valence-corrected chi connectivity index (χ0v) is 8.28. The zero-order chi connectivity index (χ0) is 9.97. The maximum Gasteiger partial charge on any atom is 0.221 e. The number of nitrogen functional groups attached to an aromatic ring is 1. The van der Waals surface area contributed by atoms with Crippen LogP contribution in [0.2, 0.25) is 0 Å². The summed E-state index contributed by atoms with van der Waals surface area (Å²) in [5.41, 5.74) is 7.37. The molecule has 1 heterocycles. The Labute approximate surface area is 87.4 Å². The summed E-state index contributed by atoms with van der Waals surface area (Å²) in [6, 6.07) is 9.83. The van der Waals surface area contributed by atoms with E-state index in [4.69, 9.17) is 5.73 Å². The minimum atomic E-state index is 0.245. The van der Waals surface area contributed by atoms with E-state index < -0.39 is 0 Å². The SMILES string of the molecule is Nc1ncc(-c2ccccc2)c(S)n1. The number of aromatic nitrogens is 2. The van der Waals surface area contributed by atoms with Gasteiger partial charge in [0.2, 0.25) is 5.95 Å². The van der Waals surface area contributed by atoms with Gasteiger partial charge in [-0.3, -0.25) is 0 Å². The van der Waals surface area contributed by atoms with Crippen LogP contribution in [0, 0.1) is 0 Å². The summed E-state index contributed by atoms with van der Waals surface area (Å²) in [5.74, 6) is 0.245. The second-order valence-corrected chi connectivity index (χ2v) is 3.26. The molecule has 0 spiro atoms. The highest BCUT2D eigenvalue weighted by molar-refractivity contribution is 7.80. The highest BCUT2D eigenvalue weighted by atomic mass is 32.1. The van der Waals surface area contributed by atoms with Crippen molar-refractivity contribution in [2.45, 2.75) is 5.03 Å². The number of benzene rings is 1. The molecule has 70 valence electrons. The van der Waals surface area contributed by atoms with Gasteiger partial charge in [-0.05, 0) is 5.56 Å². The minimum absolute atomic E-state index is 0.245. The van der Waals surface area contributed by atoms with Crippen molar-refractivity contribution in [1.29, 1.82) is 0 Å². The molecule has 0 saturated carbocycles. The number of thiol groups is 1. The van der Waals surface area contributed by atoms with Crippen LogP contribution in [0.5, 0.6) is 0 Å². The third-order valence-electron chi connectivity index (χ3n) is 1.87. The fraction of sp³-hybridized carbons (Fsp3) is 0. The molecule has 3 nitrogen and oxygen atoms in total. The quantitative estimate of drug-likeness (QED) is 0.550. The van der Waals surface area contributed by atoms with E-state index in [2.05, 4.69) is 22.6 Å². The molecule has 0 bridgehead atoms. The van der Waals surface area contributed by atoms with Crippen molar-refractivity contribution in [2.75, 3.05) is 5.73 Å². The summed E-state index contributed by atoms with van der Waals surface area (Å²) in [7, 11) is 0. The van der Waals surface area contributed by atoms with Gasteiger partial charge in [-0.15, -0.1) is 12.6 Å². The lowest BCUT2D eigenvalue weighted by atomic mass is 10.1. The van der Waals surface area contributed by atoms with Crippen LogP contribution in [-0.2, 0) is 0 Å². The predicted octanol–water partition coefficient (Wildman–Crippen LogP) is 2.01. The van der Waals surface area contributed by atoms with Gasteiger partial charge in [0.25, 0.3) is 0 Å². The smallest absolute Gasteiger partial charge is 0.221 e. The van der Waals surface area contributed by atoms with Crippen LogP contribution < -0.4 is 5.73 Å². The second-order valence-electron chi connectivity index (χ2n) is 2.83. The fourth-order valence-corrected chi connectivity index (χ4v) is 1.50. The molecule has 0 aliphatic heterocycles. The van der Waals surface area contributed by atoms with E-state index in [1.807, 2.05) is 30.3 Å². The van der Waals surface area contributed by atoms with Gasteiger partial charge in [0.05, 0.1) is 0 Å². The first kappa shape index (κ1) is 9.02. The molecule has 0 fully saturated rings. The zero-order valence-electron chi connectivity index (χ0n) is 7.38. The van der Waals surface area contributed by atoms with Gasteiger partial charge in [-0.25, -0.2) is 9.97 Å². The molecule has 0 saturated heterocycles. The summed E-state index contributed by atoms with van der Waals surface area (Å²) >= 11 is 4.25. The van der Waals surface area contributed by atoms with Gasteiger partial charge >= 0.3 is 0 Å². The van der Waals surface area contributed by atoms with E-state index in [9.17, 15) is 0 Å². The number of anilines is 1. The van der Waals surface area contributed by atoms with Crippen molar-refractivity contribution in [2.24, 2.45) is 0 Å². The van der Waals surface area contributed by atoms with Crippen LogP contribution in [0.1, 0.15) is 0 Å². The number of rotatable bonds is 1. The van der Waals surface area contributed by atoms with Gasteiger partial charge in [0.15, 0.2) is 0 Å². The van der Waals surface area contributed by atoms with Crippen LogP contribution in [0.3, 0.4) is 0 Å². The summed E-state index contributed by atoms with van der Waals surface area (Å²) in [6.45, 7) is 0. The minimum Gasteiger partial charge on any atom is -0.368 e. The first-order valence-electron chi connectivity index (χ1n) is 4.14. The molecule has 0 radical (unpaired) electrons. The van der Waals surface area contributed by atoms with Crippen LogP contribution in [0.4, 0.5) is 5.95 Å². The monoisotopic (exact) mass is 203 g/mol. The Morgan fingerprint density at radius 3 is 2.50 bits per heavy atom. The molecule has 2 aromatic rings. The molecule has 0 unspecified atom stereocenters. The third kappa shape index (κ3) is 1.70.